The molecule has 0 saturated heterocycles. The molecule has 3 N–H and O–H groups in total. The molecule has 5 heteroatoms. The molecule has 0 aromatic heterocycles. The summed E-state index contributed by atoms with van der Waals surface area (Å²) >= 11 is 6.49. The number of benzene rings is 3. The lowest BCUT2D eigenvalue weighted by Crippen LogP contribution is -2.33. The standard InChI is InChI=1S/C25H28ClNO3/c1-17(2)24(27)25(28)20-13-22(29-15-18-9-5-3-6-10-18)23(14-21(20)26)30-16-19-11-7-4-8-12-19/h3-14,17,24-25,28H,15-16,27H2,1-2H3. The fraction of sp³-hybridized carbons (Fsp3) is 0.280. The van der Waals surface area contributed by atoms with Crippen molar-refractivity contribution in [3.05, 3.63) is 94.5 Å². The van der Waals surface area contributed by atoms with Crippen LogP contribution in [0.3, 0.4) is 0 Å². The fourth-order valence-electron chi connectivity index (χ4n) is 3.05. The molecule has 0 spiro atoms. The number of hydrogen-bond donors (Lipinski definition) is 2. The van der Waals surface area contributed by atoms with Crippen molar-refractivity contribution in [2.45, 2.75) is 39.2 Å². The zero-order chi connectivity index (χ0) is 21.5. The Labute approximate surface area is 183 Å². The van der Waals surface area contributed by atoms with E-state index in [2.05, 4.69) is 0 Å². The fourth-order valence-corrected chi connectivity index (χ4v) is 3.31. The summed E-state index contributed by atoms with van der Waals surface area (Å²) in [5.41, 5.74) is 8.77. The molecule has 0 fully saturated rings. The van der Waals surface area contributed by atoms with Crippen LogP contribution in [0, 0.1) is 5.92 Å². The third kappa shape index (κ3) is 5.76. The average molecular weight is 426 g/mol. The molecule has 2 unspecified atom stereocenters. The van der Waals surface area contributed by atoms with Gasteiger partial charge in [0.1, 0.15) is 13.2 Å². The van der Waals surface area contributed by atoms with Crippen LogP contribution in [0.1, 0.15) is 36.6 Å². The van der Waals surface area contributed by atoms with Gasteiger partial charge in [0.2, 0.25) is 0 Å². The summed E-state index contributed by atoms with van der Waals surface area (Å²) < 4.78 is 12.1. The van der Waals surface area contributed by atoms with Gasteiger partial charge in [-0.2, -0.15) is 0 Å². The molecule has 0 aliphatic rings. The van der Waals surface area contributed by atoms with Crippen molar-refractivity contribution in [3.63, 3.8) is 0 Å². The Balaban J connectivity index is 1.87. The van der Waals surface area contributed by atoms with Gasteiger partial charge in [-0.15, -0.1) is 0 Å². The maximum absolute atomic E-state index is 10.7. The third-order valence-corrected chi connectivity index (χ3v) is 5.32. The summed E-state index contributed by atoms with van der Waals surface area (Å²) in [7, 11) is 0. The highest BCUT2D eigenvalue weighted by Crippen LogP contribution is 2.38. The number of ether oxygens (including phenoxy) is 2. The summed E-state index contributed by atoms with van der Waals surface area (Å²) in [6, 6.07) is 22.7. The van der Waals surface area contributed by atoms with Crippen molar-refractivity contribution >= 4 is 11.6 Å². The Hall–Kier alpha value is -2.53. The van der Waals surface area contributed by atoms with E-state index in [1.807, 2.05) is 74.5 Å². The summed E-state index contributed by atoms with van der Waals surface area (Å²) in [5.74, 6) is 1.14. The van der Waals surface area contributed by atoms with Gasteiger partial charge in [0, 0.05) is 17.7 Å². The van der Waals surface area contributed by atoms with Gasteiger partial charge in [0.05, 0.1) is 11.1 Å². The largest absolute Gasteiger partial charge is 0.485 e. The summed E-state index contributed by atoms with van der Waals surface area (Å²) in [4.78, 5) is 0. The predicted molar refractivity (Wildman–Crippen MR) is 121 cm³/mol. The van der Waals surface area contributed by atoms with Gasteiger partial charge in [-0.1, -0.05) is 86.1 Å². The van der Waals surface area contributed by atoms with Crippen LogP contribution in [-0.2, 0) is 13.2 Å². The van der Waals surface area contributed by atoms with E-state index in [0.717, 1.165) is 11.1 Å². The number of hydrogen-bond acceptors (Lipinski definition) is 4. The first kappa shape index (κ1) is 22.2. The lowest BCUT2D eigenvalue weighted by Gasteiger charge is -2.24. The molecule has 2 atom stereocenters. The number of rotatable bonds is 9. The SMILES string of the molecule is CC(C)C(N)C(O)c1cc(OCc2ccccc2)c(OCc2ccccc2)cc1Cl. The van der Waals surface area contributed by atoms with Crippen molar-refractivity contribution in [2.24, 2.45) is 11.7 Å². The van der Waals surface area contributed by atoms with Gasteiger partial charge in [0.25, 0.3) is 0 Å². The van der Waals surface area contributed by atoms with Crippen LogP contribution in [0.25, 0.3) is 0 Å². The molecule has 4 nitrogen and oxygen atoms in total. The van der Waals surface area contributed by atoms with Crippen LogP contribution in [0.15, 0.2) is 72.8 Å². The van der Waals surface area contributed by atoms with Crippen LogP contribution in [0.4, 0.5) is 0 Å². The van der Waals surface area contributed by atoms with E-state index in [4.69, 9.17) is 26.8 Å². The Kier molecular flexibility index (Phi) is 7.75. The van der Waals surface area contributed by atoms with Gasteiger partial charge in [-0.05, 0) is 23.1 Å². The van der Waals surface area contributed by atoms with Crippen molar-refractivity contribution < 1.29 is 14.6 Å². The molecule has 0 amide bonds. The first-order valence-electron chi connectivity index (χ1n) is 10.1. The highest BCUT2D eigenvalue weighted by Gasteiger charge is 2.24. The summed E-state index contributed by atoms with van der Waals surface area (Å²) in [5, 5.41) is 11.1. The van der Waals surface area contributed by atoms with Gasteiger partial charge >= 0.3 is 0 Å². The number of nitrogens with two attached hydrogens (primary N) is 1. The van der Waals surface area contributed by atoms with Crippen LogP contribution >= 0.6 is 11.6 Å². The topological polar surface area (TPSA) is 64.7 Å². The molecule has 3 rings (SSSR count). The third-order valence-electron chi connectivity index (χ3n) is 4.99. The van der Waals surface area contributed by atoms with Crippen molar-refractivity contribution in [3.8, 4) is 11.5 Å². The van der Waals surface area contributed by atoms with Crippen LogP contribution in [0.5, 0.6) is 11.5 Å². The van der Waals surface area contributed by atoms with Gasteiger partial charge in [0.15, 0.2) is 11.5 Å². The minimum Gasteiger partial charge on any atom is -0.485 e. The second-order valence-corrected chi connectivity index (χ2v) is 8.04. The quantitative estimate of drug-likeness (QED) is 0.474. The smallest absolute Gasteiger partial charge is 0.163 e. The molecule has 0 aliphatic carbocycles. The first-order valence-corrected chi connectivity index (χ1v) is 10.4. The molecule has 3 aromatic rings. The molecule has 158 valence electrons. The normalized spacial score (nSPS) is 13.1. The summed E-state index contributed by atoms with van der Waals surface area (Å²) in [6.07, 6.45) is -0.903. The number of aliphatic hydroxyl groups is 1. The molecular formula is C25H28ClNO3. The molecule has 30 heavy (non-hydrogen) atoms. The van der Waals surface area contributed by atoms with E-state index in [1.165, 1.54) is 0 Å². The molecule has 0 aliphatic heterocycles. The maximum Gasteiger partial charge on any atom is 0.163 e. The zero-order valence-corrected chi connectivity index (χ0v) is 18.0. The predicted octanol–water partition coefficient (Wildman–Crippen LogP) is 5.51. The maximum atomic E-state index is 10.7. The van der Waals surface area contributed by atoms with Crippen molar-refractivity contribution in [1.29, 1.82) is 0 Å². The second-order valence-electron chi connectivity index (χ2n) is 7.64. The Morgan fingerprint density at radius 2 is 1.30 bits per heavy atom. The van der Waals surface area contributed by atoms with E-state index >= 15 is 0 Å². The molecule has 0 bridgehead atoms. The van der Waals surface area contributed by atoms with E-state index < -0.39 is 12.1 Å². The van der Waals surface area contributed by atoms with Crippen molar-refractivity contribution in [2.75, 3.05) is 0 Å². The van der Waals surface area contributed by atoms with Crippen molar-refractivity contribution in [1.82, 2.24) is 0 Å². The monoisotopic (exact) mass is 425 g/mol. The Morgan fingerprint density at radius 3 is 1.77 bits per heavy atom. The lowest BCUT2D eigenvalue weighted by molar-refractivity contribution is 0.125. The lowest BCUT2D eigenvalue weighted by atomic mass is 9.94. The summed E-state index contributed by atoms with van der Waals surface area (Å²) in [6.45, 7) is 4.68. The minimum atomic E-state index is -0.903. The molecular weight excluding hydrogens is 398 g/mol. The second kappa shape index (κ2) is 10.5. The number of aliphatic hydroxyl groups excluding tert-OH is 1. The molecule has 3 aromatic carbocycles. The average Bonchev–Trinajstić information content (AvgIpc) is 2.77. The van der Waals surface area contributed by atoms with Crippen LogP contribution in [0.2, 0.25) is 5.02 Å². The molecule has 0 radical (unpaired) electrons. The Morgan fingerprint density at radius 1 is 0.833 bits per heavy atom. The molecule has 0 heterocycles. The Bertz CT molecular complexity index is 932. The highest BCUT2D eigenvalue weighted by atomic mass is 35.5. The minimum absolute atomic E-state index is 0.0961. The van der Waals surface area contributed by atoms with Gasteiger partial charge < -0.3 is 20.3 Å². The van der Waals surface area contributed by atoms with Crippen LogP contribution in [-0.4, -0.2) is 11.1 Å². The first-order chi connectivity index (χ1) is 14.5. The van der Waals surface area contributed by atoms with E-state index in [9.17, 15) is 5.11 Å². The molecule has 0 saturated carbocycles. The van der Waals surface area contributed by atoms with E-state index in [-0.39, 0.29) is 5.92 Å². The van der Waals surface area contributed by atoms with E-state index in [0.29, 0.717) is 35.3 Å². The van der Waals surface area contributed by atoms with Gasteiger partial charge in [-0.25, -0.2) is 0 Å². The zero-order valence-electron chi connectivity index (χ0n) is 17.3. The van der Waals surface area contributed by atoms with Crippen LogP contribution < -0.4 is 15.2 Å². The highest BCUT2D eigenvalue weighted by molar-refractivity contribution is 6.31. The van der Waals surface area contributed by atoms with E-state index in [1.54, 1.807) is 12.1 Å². The number of halogens is 1. The van der Waals surface area contributed by atoms with Gasteiger partial charge in [-0.3, -0.25) is 0 Å².